The molecule has 120 valence electrons. The quantitative estimate of drug-likeness (QED) is 0.907. The Morgan fingerprint density at radius 1 is 1.45 bits per heavy atom. The van der Waals surface area contributed by atoms with Gasteiger partial charge in [-0.05, 0) is 25.2 Å². The molecule has 2 aliphatic rings. The van der Waals surface area contributed by atoms with Crippen LogP contribution in [0.25, 0.3) is 0 Å². The maximum absolute atomic E-state index is 13.1. The SMILES string of the molecule is CN1CCOC2CN(CCC(=O)Nc3cccc(F)c3)CC21. The number of amides is 1. The average molecular weight is 307 g/mol. The number of hydrogen-bond acceptors (Lipinski definition) is 4. The Balaban J connectivity index is 1.46. The second kappa shape index (κ2) is 6.73. The molecule has 6 heteroatoms. The molecule has 0 aliphatic carbocycles. The van der Waals surface area contributed by atoms with E-state index in [1.807, 2.05) is 0 Å². The third-order valence-corrected chi connectivity index (χ3v) is 4.42. The molecular formula is C16H22FN3O2. The van der Waals surface area contributed by atoms with Crippen LogP contribution in [-0.4, -0.2) is 67.7 Å². The zero-order chi connectivity index (χ0) is 15.5. The number of rotatable bonds is 4. The van der Waals surface area contributed by atoms with E-state index in [1.165, 1.54) is 12.1 Å². The van der Waals surface area contributed by atoms with Crippen molar-refractivity contribution in [3.8, 4) is 0 Å². The summed E-state index contributed by atoms with van der Waals surface area (Å²) in [5.74, 6) is -0.434. The molecule has 22 heavy (non-hydrogen) atoms. The lowest BCUT2D eigenvalue weighted by atomic mass is 10.1. The number of halogens is 1. The van der Waals surface area contributed by atoms with E-state index in [4.69, 9.17) is 4.74 Å². The van der Waals surface area contributed by atoms with Crippen LogP contribution in [0.2, 0.25) is 0 Å². The Kier molecular flexibility index (Phi) is 4.71. The van der Waals surface area contributed by atoms with Crippen LogP contribution >= 0.6 is 0 Å². The summed E-state index contributed by atoms with van der Waals surface area (Å²) < 4.78 is 18.9. The Bertz CT molecular complexity index is 540. The van der Waals surface area contributed by atoms with Crippen molar-refractivity contribution in [3.63, 3.8) is 0 Å². The molecular weight excluding hydrogens is 285 g/mol. The van der Waals surface area contributed by atoms with Crippen LogP contribution in [0.4, 0.5) is 10.1 Å². The van der Waals surface area contributed by atoms with Gasteiger partial charge in [-0.15, -0.1) is 0 Å². The first-order valence-corrected chi connectivity index (χ1v) is 7.71. The lowest BCUT2D eigenvalue weighted by Gasteiger charge is -2.33. The van der Waals surface area contributed by atoms with E-state index in [2.05, 4.69) is 22.2 Å². The Hall–Kier alpha value is -1.50. The van der Waals surface area contributed by atoms with Gasteiger partial charge in [0, 0.05) is 44.3 Å². The second-order valence-electron chi connectivity index (χ2n) is 6.03. The number of likely N-dealkylation sites (N-methyl/N-ethyl adjacent to an activating group) is 1. The lowest BCUT2D eigenvalue weighted by molar-refractivity contribution is -0.116. The number of carbonyl (C=O) groups is 1. The summed E-state index contributed by atoms with van der Waals surface area (Å²) in [5.41, 5.74) is 0.503. The summed E-state index contributed by atoms with van der Waals surface area (Å²) in [6, 6.07) is 6.39. The average Bonchev–Trinajstić information content (AvgIpc) is 2.90. The molecule has 2 fully saturated rings. The Labute approximate surface area is 130 Å². The van der Waals surface area contributed by atoms with Crippen molar-refractivity contribution in [2.45, 2.75) is 18.6 Å². The maximum Gasteiger partial charge on any atom is 0.225 e. The summed E-state index contributed by atoms with van der Waals surface area (Å²) in [4.78, 5) is 16.6. The first kappa shape index (κ1) is 15.4. The van der Waals surface area contributed by atoms with E-state index < -0.39 is 0 Å². The highest BCUT2D eigenvalue weighted by molar-refractivity contribution is 5.90. The normalized spacial score (nSPS) is 25.9. The summed E-state index contributed by atoms with van der Waals surface area (Å²) in [5, 5.41) is 2.73. The van der Waals surface area contributed by atoms with Crippen LogP contribution in [0.15, 0.2) is 24.3 Å². The molecule has 1 amide bonds. The fraction of sp³-hybridized carbons (Fsp3) is 0.562. The minimum atomic E-state index is -0.346. The van der Waals surface area contributed by atoms with Gasteiger partial charge in [0.2, 0.25) is 5.91 Å². The van der Waals surface area contributed by atoms with E-state index in [0.717, 1.165) is 26.2 Å². The van der Waals surface area contributed by atoms with Gasteiger partial charge in [0.1, 0.15) is 5.82 Å². The van der Waals surface area contributed by atoms with Crippen molar-refractivity contribution < 1.29 is 13.9 Å². The van der Waals surface area contributed by atoms with Crippen molar-refractivity contribution in [1.82, 2.24) is 9.80 Å². The molecule has 1 aromatic carbocycles. The lowest BCUT2D eigenvalue weighted by Crippen LogP contribution is -2.48. The fourth-order valence-electron chi connectivity index (χ4n) is 3.17. The predicted molar refractivity (Wildman–Crippen MR) is 82.2 cm³/mol. The summed E-state index contributed by atoms with van der Waals surface area (Å²) in [6.07, 6.45) is 0.657. The van der Waals surface area contributed by atoms with E-state index in [9.17, 15) is 9.18 Å². The highest BCUT2D eigenvalue weighted by Gasteiger charge is 2.38. The first-order chi connectivity index (χ1) is 10.6. The maximum atomic E-state index is 13.1. The molecule has 1 aromatic rings. The van der Waals surface area contributed by atoms with Gasteiger partial charge in [-0.3, -0.25) is 14.6 Å². The molecule has 0 radical (unpaired) electrons. The largest absolute Gasteiger partial charge is 0.374 e. The van der Waals surface area contributed by atoms with Gasteiger partial charge in [-0.2, -0.15) is 0 Å². The Morgan fingerprint density at radius 3 is 3.09 bits per heavy atom. The molecule has 2 unspecified atom stereocenters. The number of likely N-dealkylation sites (tertiary alicyclic amines) is 1. The highest BCUT2D eigenvalue weighted by Crippen LogP contribution is 2.21. The number of ether oxygens (including phenoxy) is 1. The smallest absolute Gasteiger partial charge is 0.225 e. The molecule has 2 heterocycles. The number of anilines is 1. The summed E-state index contributed by atoms with van der Waals surface area (Å²) in [6.45, 7) is 4.27. The van der Waals surface area contributed by atoms with E-state index in [1.54, 1.807) is 12.1 Å². The van der Waals surface area contributed by atoms with Crippen LogP contribution in [0.1, 0.15) is 6.42 Å². The van der Waals surface area contributed by atoms with Crippen molar-refractivity contribution in [2.75, 3.05) is 45.2 Å². The number of morpholine rings is 1. The first-order valence-electron chi connectivity index (χ1n) is 7.71. The van der Waals surface area contributed by atoms with Crippen LogP contribution in [-0.2, 0) is 9.53 Å². The van der Waals surface area contributed by atoms with Gasteiger partial charge < -0.3 is 10.1 Å². The molecule has 2 atom stereocenters. The van der Waals surface area contributed by atoms with Crippen LogP contribution in [0.3, 0.4) is 0 Å². The number of hydrogen-bond donors (Lipinski definition) is 1. The fourth-order valence-corrected chi connectivity index (χ4v) is 3.17. The summed E-state index contributed by atoms with van der Waals surface area (Å²) in [7, 11) is 2.13. The van der Waals surface area contributed by atoms with Crippen molar-refractivity contribution in [2.24, 2.45) is 0 Å². The second-order valence-corrected chi connectivity index (χ2v) is 6.03. The van der Waals surface area contributed by atoms with Gasteiger partial charge in [0.15, 0.2) is 0 Å². The van der Waals surface area contributed by atoms with Gasteiger partial charge >= 0.3 is 0 Å². The zero-order valence-corrected chi connectivity index (χ0v) is 12.8. The van der Waals surface area contributed by atoms with Crippen LogP contribution in [0.5, 0.6) is 0 Å². The predicted octanol–water partition coefficient (Wildman–Crippen LogP) is 1.17. The molecule has 0 saturated carbocycles. The standard InChI is InChI=1S/C16H22FN3O2/c1-19-7-8-22-15-11-20(10-14(15)19)6-5-16(21)18-13-4-2-3-12(17)9-13/h2-4,9,14-15H,5-8,10-11H2,1H3,(H,18,21). The molecule has 2 saturated heterocycles. The zero-order valence-electron chi connectivity index (χ0n) is 12.8. The van der Waals surface area contributed by atoms with Crippen LogP contribution < -0.4 is 5.32 Å². The van der Waals surface area contributed by atoms with Gasteiger partial charge in [0.25, 0.3) is 0 Å². The van der Waals surface area contributed by atoms with Crippen molar-refractivity contribution in [1.29, 1.82) is 0 Å². The van der Waals surface area contributed by atoms with E-state index in [0.29, 0.717) is 24.7 Å². The van der Waals surface area contributed by atoms with E-state index in [-0.39, 0.29) is 17.8 Å². The molecule has 0 aromatic heterocycles. The molecule has 0 bridgehead atoms. The minimum Gasteiger partial charge on any atom is -0.374 e. The number of carbonyl (C=O) groups excluding carboxylic acids is 1. The molecule has 1 N–H and O–H groups in total. The monoisotopic (exact) mass is 307 g/mol. The number of nitrogens with zero attached hydrogens (tertiary/aromatic N) is 2. The highest BCUT2D eigenvalue weighted by atomic mass is 19.1. The Morgan fingerprint density at radius 2 is 2.32 bits per heavy atom. The number of nitrogens with one attached hydrogen (secondary N) is 1. The molecule has 5 nitrogen and oxygen atoms in total. The van der Waals surface area contributed by atoms with Crippen LogP contribution in [0, 0.1) is 5.82 Å². The number of benzene rings is 1. The third kappa shape index (κ3) is 3.63. The van der Waals surface area contributed by atoms with Crippen molar-refractivity contribution in [3.05, 3.63) is 30.1 Å². The van der Waals surface area contributed by atoms with E-state index >= 15 is 0 Å². The minimum absolute atomic E-state index is 0.0882. The van der Waals surface area contributed by atoms with Gasteiger partial charge in [-0.25, -0.2) is 4.39 Å². The van der Waals surface area contributed by atoms with Gasteiger partial charge in [0.05, 0.1) is 12.7 Å². The third-order valence-electron chi connectivity index (χ3n) is 4.42. The molecule has 2 aliphatic heterocycles. The van der Waals surface area contributed by atoms with Gasteiger partial charge in [-0.1, -0.05) is 6.07 Å². The number of fused-ring (bicyclic) bond motifs is 1. The summed E-state index contributed by atoms with van der Waals surface area (Å²) >= 11 is 0. The van der Waals surface area contributed by atoms with Crippen molar-refractivity contribution >= 4 is 11.6 Å². The topological polar surface area (TPSA) is 44.8 Å². The molecule has 0 spiro atoms. The molecule has 3 rings (SSSR count).